The molecule has 0 aromatic carbocycles. The van der Waals surface area contributed by atoms with Crippen LogP contribution in [-0.2, 0) is 6.61 Å². The number of aromatic nitrogens is 2. The molecule has 1 rings (SSSR count). The molecule has 62 valence electrons. The van der Waals surface area contributed by atoms with Crippen molar-refractivity contribution in [3.05, 3.63) is 5.01 Å². The van der Waals surface area contributed by atoms with Gasteiger partial charge in [-0.2, -0.15) is 0 Å². The summed E-state index contributed by atoms with van der Waals surface area (Å²) in [5.74, 6) is 0. The Balaban J connectivity index is 2.44. The number of anilines is 1. The van der Waals surface area contributed by atoms with Crippen LogP contribution >= 0.6 is 11.3 Å². The molecule has 0 aliphatic heterocycles. The van der Waals surface area contributed by atoms with E-state index in [0.29, 0.717) is 10.1 Å². The number of hydrogen-bond acceptors (Lipinski definition) is 5. The molecule has 0 radical (unpaired) electrons. The first kappa shape index (κ1) is 8.35. The maximum Gasteiger partial charge on any atom is 0.205 e. The average Bonchev–Trinajstić information content (AvgIpc) is 2.48. The van der Waals surface area contributed by atoms with E-state index < -0.39 is 6.67 Å². The highest BCUT2D eigenvalue weighted by atomic mass is 32.1. The number of hydrogen-bond donors (Lipinski definition) is 2. The summed E-state index contributed by atoms with van der Waals surface area (Å²) in [6.45, 7) is -0.316. The fourth-order valence-corrected chi connectivity index (χ4v) is 1.17. The molecule has 11 heavy (non-hydrogen) atoms. The Kier molecular flexibility index (Phi) is 3.18. The molecular weight excluding hydrogens is 169 g/mol. The molecule has 0 aliphatic carbocycles. The topological polar surface area (TPSA) is 58.0 Å². The lowest BCUT2D eigenvalue weighted by Crippen LogP contribution is -2.01. The summed E-state index contributed by atoms with van der Waals surface area (Å²) in [5.41, 5.74) is 0. The van der Waals surface area contributed by atoms with Crippen molar-refractivity contribution >= 4 is 16.5 Å². The number of nitrogens with one attached hydrogen (secondary N) is 1. The Morgan fingerprint density at radius 1 is 1.55 bits per heavy atom. The standard InChI is InChI=1S/C5H8FN3OS/c6-1-2-7-5-9-8-4(3-10)11-5/h10H,1-3H2,(H,7,9). The first-order valence-electron chi connectivity index (χ1n) is 3.10. The summed E-state index contributed by atoms with van der Waals surface area (Å²) in [6, 6.07) is 0. The van der Waals surface area contributed by atoms with Gasteiger partial charge in [-0.15, -0.1) is 10.2 Å². The molecule has 0 aliphatic rings. The van der Waals surface area contributed by atoms with E-state index in [1.165, 1.54) is 11.3 Å². The molecule has 0 saturated heterocycles. The van der Waals surface area contributed by atoms with Crippen molar-refractivity contribution in [1.82, 2.24) is 10.2 Å². The van der Waals surface area contributed by atoms with Gasteiger partial charge in [-0.3, -0.25) is 0 Å². The second-order valence-corrected chi connectivity index (χ2v) is 2.84. The lowest BCUT2D eigenvalue weighted by Gasteiger charge is -1.93. The first-order chi connectivity index (χ1) is 5.36. The van der Waals surface area contributed by atoms with E-state index in [9.17, 15) is 4.39 Å². The third kappa shape index (κ3) is 2.39. The molecule has 1 heterocycles. The fraction of sp³-hybridized carbons (Fsp3) is 0.600. The zero-order valence-corrected chi connectivity index (χ0v) is 6.57. The normalized spacial score (nSPS) is 10.0. The molecule has 4 nitrogen and oxygen atoms in total. The second-order valence-electron chi connectivity index (χ2n) is 1.77. The highest BCUT2D eigenvalue weighted by Crippen LogP contribution is 2.13. The first-order valence-corrected chi connectivity index (χ1v) is 3.91. The van der Waals surface area contributed by atoms with Crippen molar-refractivity contribution in [2.45, 2.75) is 6.61 Å². The minimum Gasteiger partial charge on any atom is -0.389 e. The van der Waals surface area contributed by atoms with Crippen LogP contribution in [-0.4, -0.2) is 28.5 Å². The van der Waals surface area contributed by atoms with Gasteiger partial charge in [0.25, 0.3) is 0 Å². The molecule has 0 fully saturated rings. The minimum atomic E-state index is -0.436. The Morgan fingerprint density at radius 2 is 2.36 bits per heavy atom. The third-order valence-corrected chi connectivity index (χ3v) is 1.84. The van der Waals surface area contributed by atoms with Crippen molar-refractivity contribution in [3.8, 4) is 0 Å². The predicted octanol–water partition coefficient (Wildman–Crippen LogP) is 0.412. The summed E-state index contributed by atoms with van der Waals surface area (Å²) in [5, 5.41) is 19.6. The third-order valence-electron chi connectivity index (χ3n) is 0.973. The van der Waals surface area contributed by atoms with Crippen molar-refractivity contribution < 1.29 is 9.50 Å². The lowest BCUT2D eigenvalue weighted by atomic mass is 10.7. The van der Waals surface area contributed by atoms with Gasteiger partial charge in [0.1, 0.15) is 11.7 Å². The van der Waals surface area contributed by atoms with E-state index in [1.54, 1.807) is 0 Å². The van der Waals surface area contributed by atoms with Crippen molar-refractivity contribution in [1.29, 1.82) is 0 Å². The van der Waals surface area contributed by atoms with E-state index >= 15 is 0 Å². The number of nitrogens with zero attached hydrogens (tertiary/aromatic N) is 2. The Morgan fingerprint density at radius 3 is 2.91 bits per heavy atom. The van der Waals surface area contributed by atoms with Crippen molar-refractivity contribution in [2.75, 3.05) is 18.5 Å². The van der Waals surface area contributed by atoms with Gasteiger partial charge < -0.3 is 10.4 Å². The lowest BCUT2D eigenvalue weighted by molar-refractivity contribution is 0.280. The van der Waals surface area contributed by atoms with Crippen LogP contribution in [0.4, 0.5) is 9.52 Å². The average molecular weight is 177 g/mol. The monoisotopic (exact) mass is 177 g/mol. The fourth-order valence-electron chi connectivity index (χ4n) is 0.543. The number of aliphatic hydroxyl groups is 1. The molecule has 0 amide bonds. The van der Waals surface area contributed by atoms with Gasteiger partial charge in [0.15, 0.2) is 0 Å². The highest BCUT2D eigenvalue weighted by Gasteiger charge is 2.00. The summed E-state index contributed by atoms with van der Waals surface area (Å²) in [7, 11) is 0. The van der Waals surface area contributed by atoms with Crippen LogP contribution in [0.2, 0.25) is 0 Å². The van der Waals surface area contributed by atoms with Crippen LogP contribution in [0.15, 0.2) is 0 Å². The van der Waals surface area contributed by atoms with E-state index in [-0.39, 0.29) is 13.2 Å². The van der Waals surface area contributed by atoms with E-state index in [1.807, 2.05) is 0 Å². The molecule has 1 aromatic heterocycles. The molecule has 1 aromatic rings. The van der Waals surface area contributed by atoms with Gasteiger partial charge in [-0.25, -0.2) is 4.39 Å². The quantitative estimate of drug-likeness (QED) is 0.699. The van der Waals surface area contributed by atoms with Crippen molar-refractivity contribution in [3.63, 3.8) is 0 Å². The number of halogens is 1. The van der Waals surface area contributed by atoms with Gasteiger partial charge in [0.05, 0.1) is 6.61 Å². The van der Waals surface area contributed by atoms with Crippen LogP contribution in [0.1, 0.15) is 5.01 Å². The van der Waals surface area contributed by atoms with Crippen LogP contribution in [0, 0.1) is 0 Å². The minimum absolute atomic E-state index is 0.116. The van der Waals surface area contributed by atoms with E-state index in [0.717, 1.165) is 0 Å². The maximum absolute atomic E-state index is 11.6. The van der Waals surface area contributed by atoms with Gasteiger partial charge >= 0.3 is 0 Å². The summed E-state index contributed by atoms with van der Waals surface area (Å²) in [6.07, 6.45) is 0. The van der Waals surface area contributed by atoms with E-state index in [4.69, 9.17) is 5.11 Å². The summed E-state index contributed by atoms with van der Waals surface area (Å²) in [4.78, 5) is 0. The molecule has 2 N–H and O–H groups in total. The van der Waals surface area contributed by atoms with Crippen LogP contribution in [0.5, 0.6) is 0 Å². The van der Waals surface area contributed by atoms with Gasteiger partial charge in [0, 0.05) is 6.54 Å². The smallest absolute Gasteiger partial charge is 0.205 e. The molecular formula is C5H8FN3OS. The van der Waals surface area contributed by atoms with Crippen LogP contribution < -0.4 is 5.32 Å². The van der Waals surface area contributed by atoms with Crippen molar-refractivity contribution in [2.24, 2.45) is 0 Å². The Bertz CT molecular complexity index is 217. The van der Waals surface area contributed by atoms with E-state index in [2.05, 4.69) is 15.5 Å². The molecule has 0 spiro atoms. The second kappa shape index (κ2) is 4.20. The molecule has 0 atom stereocenters. The molecule has 0 saturated carbocycles. The van der Waals surface area contributed by atoms with Gasteiger partial charge in [0.2, 0.25) is 5.13 Å². The molecule has 6 heteroatoms. The molecule has 0 bridgehead atoms. The zero-order chi connectivity index (χ0) is 8.10. The summed E-state index contributed by atoms with van der Waals surface area (Å²) >= 11 is 1.22. The Hall–Kier alpha value is -0.750. The van der Waals surface area contributed by atoms with Gasteiger partial charge in [-0.1, -0.05) is 11.3 Å². The maximum atomic E-state index is 11.6. The number of alkyl halides is 1. The number of aliphatic hydroxyl groups excluding tert-OH is 1. The predicted molar refractivity (Wildman–Crippen MR) is 40.3 cm³/mol. The van der Waals surface area contributed by atoms with Crippen LogP contribution in [0.25, 0.3) is 0 Å². The SMILES string of the molecule is OCc1nnc(NCCF)s1. The number of rotatable bonds is 4. The molecule has 0 unspecified atom stereocenters. The Labute approximate surface area is 67.1 Å². The largest absolute Gasteiger partial charge is 0.389 e. The van der Waals surface area contributed by atoms with Crippen LogP contribution in [0.3, 0.4) is 0 Å². The highest BCUT2D eigenvalue weighted by molar-refractivity contribution is 7.15. The van der Waals surface area contributed by atoms with Gasteiger partial charge in [-0.05, 0) is 0 Å². The zero-order valence-electron chi connectivity index (χ0n) is 5.75. The summed E-state index contributed by atoms with van der Waals surface area (Å²) < 4.78 is 11.6.